The standard InChI is InChI=1S/C22H27N5O/c1-22(2,3)20(28)16-13-24-21-19(16)26-17(14-25-21)15-8-9-23-18(12-15)27-10-6-4-5-7-11-27/h8-9,12-14H,4-7,10-11H2,1-3H3,(H,24,25). The van der Waals surface area contributed by atoms with E-state index in [4.69, 9.17) is 4.98 Å². The van der Waals surface area contributed by atoms with Crippen molar-refractivity contribution in [2.45, 2.75) is 46.5 Å². The van der Waals surface area contributed by atoms with Crippen LogP contribution in [0.25, 0.3) is 22.4 Å². The second-order valence-corrected chi connectivity index (χ2v) is 8.54. The zero-order chi connectivity index (χ0) is 19.7. The van der Waals surface area contributed by atoms with E-state index in [-0.39, 0.29) is 5.78 Å². The highest BCUT2D eigenvalue weighted by Gasteiger charge is 2.26. The lowest BCUT2D eigenvalue weighted by Crippen LogP contribution is -2.24. The smallest absolute Gasteiger partial charge is 0.171 e. The van der Waals surface area contributed by atoms with E-state index < -0.39 is 5.41 Å². The van der Waals surface area contributed by atoms with Crippen LogP contribution in [0.15, 0.2) is 30.7 Å². The summed E-state index contributed by atoms with van der Waals surface area (Å²) < 4.78 is 0. The molecule has 1 saturated heterocycles. The topological polar surface area (TPSA) is 74.8 Å². The summed E-state index contributed by atoms with van der Waals surface area (Å²) in [5.41, 5.74) is 3.12. The van der Waals surface area contributed by atoms with Crippen molar-refractivity contribution in [1.82, 2.24) is 19.9 Å². The normalized spacial score (nSPS) is 15.6. The molecule has 0 atom stereocenters. The quantitative estimate of drug-likeness (QED) is 0.674. The maximum atomic E-state index is 12.8. The average molecular weight is 377 g/mol. The molecule has 0 bridgehead atoms. The number of anilines is 1. The number of aromatic amines is 1. The third kappa shape index (κ3) is 3.63. The van der Waals surface area contributed by atoms with E-state index in [1.807, 2.05) is 33.0 Å². The molecular weight excluding hydrogens is 350 g/mol. The minimum absolute atomic E-state index is 0.0604. The number of nitrogens with one attached hydrogen (secondary N) is 1. The molecule has 146 valence electrons. The van der Waals surface area contributed by atoms with Crippen molar-refractivity contribution in [2.24, 2.45) is 5.41 Å². The first-order valence-electron chi connectivity index (χ1n) is 10.0. The van der Waals surface area contributed by atoms with E-state index in [1.54, 1.807) is 12.4 Å². The molecule has 1 aliphatic rings. The van der Waals surface area contributed by atoms with Crippen LogP contribution in [0.2, 0.25) is 0 Å². The zero-order valence-corrected chi connectivity index (χ0v) is 16.8. The Morgan fingerprint density at radius 1 is 1.11 bits per heavy atom. The molecule has 6 nitrogen and oxygen atoms in total. The Labute approximate surface area is 165 Å². The van der Waals surface area contributed by atoms with Gasteiger partial charge < -0.3 is 9.88 Å². The third-order valence-corrected chi connectivity index (χ3v) is 5.28. The highest BCUT2D eigenvalue weighted by atomic mass is 16.1. The van der Waals surface area contributed by atoms with Gasteiger partial charge in [-0.25, -0.2) is 15.0 Å². The van der Waals surface area contributed by atoms with Gasteiger partial charge in [-0.2, -0.15) is 0 Å². The Balaban J connectivity index is 1.71. The molecule has 1 aliphatic heterocycles. The van der Waals surface area contributed by atoms with Gasteiger partial charge in [0, 0.05) is 36.5 Å². The zero-order valence-electron chi connectivity index (χ0n) is 16.8. The summed E-state index contributed by atoms with van der Waals surface area (Å²) in [5.74, 6) is 1.05. The first-order chi connectivity index (χ1) is 13.4. The molecule has 28 heavy (non-hydrogen) atoms. The summed E-state index contributed by atoms with van der Waals surface area (Å²) >= 11 is 0. The Morgan fingerprint density at radius 3 is 2.57 bits per heavy atom. The van der Waals surface area contributed by atoms with Crippen molar-refractivity contribution < 1.29 is 4.79 Å². The fourth-order valence-corrected chi connectivity index (χ4v) is 3.66. The Kier molecular flexibility index (Phi) is 4.87. The van der Waals surface area contributed by atoms with Crippen LogP contribution in [0.1, 0.15) is 56.8 Å². The summed E-state index contributed by atoms with van der Waals surface area (Å²) in [5, 5.41) is 0. The molecule has 3 aromatic rings. The number of carbonyl (C=O) groups excluding carboxylic acids is 1. The van der Waals surface area contributed by atoms with Crippen LogP contribution in [0, 0.1) is 5.41 Å². The van der Waals surface area contributed by atoms with Gasteiger partial charge in [0.25, 0.3) is 0 Å². The molecule has 1 N–H and O–H groups in total. The fourth-order valence-electron chi connectivity index (χ4n) is 3.66. The predicted octanol–water partition coefficient (Wildman–Crippen LogP) is 4.63. The van der Waals surface area contributed by atoms with E-state index in [1.165, 1.54) is 25.7 Å². The average Bonchev–Trinajstić information content (AvgIpc) is 2.91. The lowest BCUT2D eigenvalue weighted by molar-refractivity contribution is 0.0860. The molecule has 4 heterocycles. The van der Waals surface area contributed by atoms with Crippen LogP contribution in [0.5, 0.6) is 0 Å². The summed E-state index contributed by atoms with van der Waals surface area (Å²) in [6.07, 6.45) is 10.3. The summed E-state index contributed by atoms with van der Waals surface area (Å²) in [6.45, 7) is 7.84. The third-order valence-electron chi connectivity index (χ3n) is 5.28. The minimum Gasteiger partial charge on any atom is -0.357 e. The van der Waals surface area contributed by atoms with E-state index in [9.17, 15) is 4.79 Å². The number of H-pyrrole nitrogens is 1. The van der Waals surface area contributed by atoms with E-state index in [0.717, 1.165) is 30.2 Å². The van der Waals surface area contributed by atoms with Crippen molar-refractivity contribution in [2.75, 3.05) is 18.0 Å². The monoisotopic (exact) mass is 377 g/mol. The van der Waals surface area contributed by atoms with Crippen molar-refractivity contribution in [1.29, 1.82) is 0 Å². The van der Waals surface area contributed by atoms with Crippen LogP contribution in [0.3, 0.4) is 0 Å². The Hall–Kier alpha value is -2.76. The molecule has 1 fully saturated rings. The number of rotatable bonds is 3. The first-order valence-corrected chi connectivity index (χ1v) is 10.0. The second-order valence-electron chi connectivity index (χ2n) is 8.54. The largest absolute Gasteiger partial charge is 0.357 e. The molecule has 6 heteroatoms. The van der Waals surface area contributed by atoms with E-state index in [2.05, 4.69) is 25.9 Å². The van der Waals surface area contributed by atoms with Crippen molar-refractivity contribution in [3.8, 4) is 11.3 Å². The van der Waals surface area contributed by atoms with E-state index >= 15 is 0 Å². The van der Waals surface area contributed by atoms with Gasteiger partial charge in [-0.15, -0.1) is 0 Å². The summed E-state index contributed by atoms with van der Waals surface area (Å²) in [7, 11) is 0. The van der Waals surface area contributed by atoms with Crippen molar-refractivity contribution in [3.63, 3.8) is 0 Å². The minimum atomic E-state index is -0.469. The number of ketones is 1. The van der Waals surface area contributed by atoms with Crippen molar-refractivity contribution >= 4 is 22.8 Å². The predicted molar refractivity (Wildman–Crippen MR) is 112 cm³/mol. The molecule has 0 spiro atoms. The number of fused-ring (bicyclic) bond motifs is 1. The Bertz CT molecular complexity index is 994. The highest BCUT2D eigenvalue weighted by molar-refractivity contribution is 6.08. The van der Waals surface area contributed by atoms with Gasteiger partial charge in [-0.05, 0) is 25.0 Å². The maximum absolute atomic E-state index is 12.8. The van der Waals surface area contributed by atoms with E-state index in [0.29, 0.717) is 16.7 Å². The molecule has 4 rings (SSSR count). The molecule has 0 amide bonds. The lowest BCUT2D eigenvalue weighted by atomic mass is 9.87. The van der Waals surface area contributed by atoms with Gasteiger partial charge in [-0.3, -0.25) is 4.79 Å². The van der Waals surface area contributed by atoms with Crippen LogP contribution in [-0.2, 0) is 0 Å². The van der Waals surface area contributed by atoms with Gasteiger partial charge in [0.15, 0.2) is 11.4 Å². The molecule has 0 aromatic carbocycles. The summed E-state index contributed by atoms with van der Waals surface area (Å²) in [6, 6.07) is 4.04. The molecule has 0 radical (unpaired) electrons. The maximum Gasteiger partial charge on any atom is 0.171 e. The van der Waals surface area contributed by atoms with Crippen LogP contribution >= 0.6 is 0 Å². The molecule has 0 saturated carbocycles. The lowest BCUT2D eigenvalue weighted by Gasteiger charge is -2.21. The molecule has 0 unspecified atom stereocenters. The van der Waals surface area contributed by atoms with Crippen LogP contribution < -0.4 is 4.90 Å². The van der Waals surface area contributed by atoms with Gasteiger partial charge in [0.05, 0.1) is 17.5 Å². The number of nitrogens with zero attached hydrogens (tertiary/aromatic N) is 4. The van der Waals surface area contributed by atoms with Crippen LogP contribution in [0.4, 0.5) is 5.82 Å². The van der Waals surface area contributed by atoms with Crippen LogP contribution in [-0.4, -0.2) is 38.8 Å². The molecule has 3 aromatic heterocycles. The fraction of sp³-hybridized carbons (Fsp3) is 0.455. The Morgan fingerprint density at radius 2 is 1.86 bits per heavy atom. The number of hydrogen-bond acceptors (Lipinski definition) is 5. The number of aromatic nitrogens is 4. The summed E-state index contributed by atoms with van der Waals surface area (Å²) in [4.78, 5) is 32.1. The van der Waals surface area contributed by atoms with Gasteiger partial charge in [0.2, 0.25) is 0 Å². The molecule has 0 aliphatic carbocycles. The second kappa shape index (κ2) is 7.34. The number of pyridine rings is 1. The van der Waals surface area contributed by atoms with Gasteiger partial charge in [-0.1, -0.05) is 33.6 Å². The van der Waals surface area contributed by atoms with Crippen molar-refractivity contribution in [3.05, 3.63) is 36.3 Å². The number of hydrogen-bond donors (Lipinski definition) is 1. The van der Waals surface area contributed by atoms with Gasteiger partial charge in [0.1, 0.15) is 11.3 Å². The number of Topliss-reactive ketones (excluding diaryl/α,β-unsaturated/α-hetero) is 1. The SMILES string of the molecule is CC(C)(C)C(=O)c1c[nH]c2ncc(-c3ccnc(N4CCCCCC4)c3)nc12. The highest BCUT2D eigenvalue weighted by Crippen LogP contribution is 2.28. The molecular formula is C22H27N5O. The van der Waals surface area contributed by atoms with Gasteiger partial charge >= 0.3 is 0 Å². The number of carbonyl (C=O) groups is 1. The first kappa shape index (κ1) is 18.6.